The number of hydrogen-bond donors (Lipinski definition) is 1. The number of imidazole rings is 1. The van der Waals surface area contributed by atoms with Gasteiger partial charge < -0.3 is 19.2 Å². The summed E-state index contributed by atoms with van der Waals surface area (Å²) in [6.45, 7) is 2.23. The summed E-state index contributed by atoms with van der Waals surface area (Å²) in [5, 5.41) is 0. The topological polar surface area (TPSA) is 56.4 Å². The van der Waals surface area contributed by atoms with Gasteiger partial charge in [0.25, 0.3) is 0 Å². The van der Waals surface area contributed by atoms with Gasteiger partial charge in [0, 0.05) is 11.6 Å². The normalized spacial score (nSPS) is 12.1. The van der Waals surface area contributed by atoms with E-state index in [1.54, 1.807) is 19.2 Å². The predicted molar refractivity (Wildman–Crippen MR) is 113 cm³/mol. The van der Waals surface area contributed by atoms with Crippen LogP contribution in [0.25, 0.3) is 11.0 Å². The van der Waals surface area contributed by atoms with E-state index < -0.39 is 11.6 Å². The second-order valence-electron chi connectivity index (χ2n) is 7.11. The van der Waals surface area contributed by atoms with Gasteiger partial charge in [-0.15, -0.1) is 0 Å². The number of fused-ring (bicyclic) bond motifs is 1. The molecule has 5 nitrogen and oxygen atoms in total. The standard InChI is InChI=1S/C24H22F2N2O3/c1-15(30-14-24-27-22-10-8-20(29-2)12-23(22)28-24)16-3-6-19(7-4-16)31-13-17-11-18(25)5-9-21(17)26/h3-12,15H,13-14H2,1-2H3,(H,27,28). The molecule has 0 radical (unpaired) electrons. The molecule has 1 atom stereocenters. The quantitative estimate of drug-likeness (QED) is 0.394. The van der Waals surface area contributed by atoms with Crippen LogP contribution in [0, 0.1) is 11.6 Å². The van der Waals surface area contributed by atoms with E-state index in [4.69, 9.17) is 14.2 Å². The molecule has 1 N–H and O–H groups in total. The third-order valence-corrected chi connectivity index (χ3v) is 4.96. The van der Waals surface area contributed by atoms with Crippen LogP contribution >= 0.6 is 0 Å². The second-order valence-corrected chi connectivity index (χ2v) is 7.11. The van der Waals surface area contributed by atoms with E-state index in [9.17, 15) is 8.78 Å². The number of halogens is 2. The predicted octanol–water partition coefficient (Wildman–Crippen LogP) is 5.71. The summed E-state index contributed by atoms with van der Waals surface area (Å²) in [5.74, 6) is 1.05. The van der Waals surface area contributed by atoms with Gasteiger partial charge in [0.15, 0.2) is 0 Å². The number of aromatic amines is 1. The molecule has 7 heteroatoms. The van der Waals surface area contributed by atoms with Crippen molar-refractivity contribution in [2.45, 2.75) is 26.2 Å². The molecule has 31 heavy (non-hydrogen) atoms. The van der Waals surface area contributed by atoms with Crippen molar-refractivity contribution in [1.29, 1.82) is 0 Å². The molecule has 0 amide bonds. The van der Waals surface area contributed by atoms with E-state index in [0.717, 1.165) is 46.4 Å². The summed E-state index contributed by atoms with van der Waals surface area (Å²) in [5.41, 5.74) is 2.87. The molecule has 0 spiro atoms. The van der Waals surface area contributed by atoms with Crippen LogP contribution in [-0.2, 0) is 18.0 Å². The first kappa shape index (κ1) is 20.8. The van der Waals surface area contributed by atoms with Crippen LogP contribution in [0.5, 0.6) is 11.5 Å². The van der Waals surface area contributed by atoms with E-state index in [-0.39, 0.29) is 18.3 Å². The molecule has 0 saturated heterocycles. The average molecular weight is 424 g/mol. The third-order valence-electron chi connectivity index (χ3n) is 4.96. The Bertz CT molecular complexity index is 1180. The number of H-pyrrole nitrogens is 1. The number of nitrogens with one attached hydrogen (secondary N) is 1. The SMILES string of the molecule is COc1ccc2[nH]c(COC(C)c3ccc(OCc4cc(F)ccc4F)cc3)nc2c1. The zero-order valence-electron chi connectivity index (χ0n) is 17.2. The summed E-state index contributed by atoms with van der Waals surface area (Å²) >= 11 is 0. The van der Waals surface area contributed by atoms with Crippen molar-refractivity contribution in [2.24, 2.45) is 0 Å². The number of rotatable bonds is 8. The van der Waals surface area contributed by atoms with E-state index in [2.05, 4.69) is 9.97 Å². The van der Waals surface area contributed by atoms with E-state index >= 15 is 0 Å². The molecule has 0 fully saturated rings. The number of hydrogen-bond acceptors (Lipinski definition) is 4. The number of nitrogens with zero attached hydrogens (tertiary/aromatic N) is 1. The Morgan fingerprint density at radius 1 is 0.935 bits per heavy atom. The highest BCUT2D eigenvalue weighted by Crippen LogP contribution is 2.24. The van der Waals surface area contributed by atoms with Gasteiger partial charge in [-0.05, 0) is 55.0 Å². The monoisotopic (exact) mass is 424 g/mol. The molecule has 1 aromatic heterocycles. The van der Waals surface area contributed by atoms with Crippen molar-refractivity contribution in [3.63, 3.8) is 0 Å². The van der Waals surface area contributed by atoms with Crippen LogP contribution in [0.4, 0.5) is 8.78 Å². The lowest BCUT2D eigenvalue weighted by atomic mass is 10.1. The molecule has 4 aromatic rings. The van der Waals surface area contributed by atoms with Crippen LogP contribution in [-0.4, -0.2) is 17.1 Å². The maximum atomic E-state index is 13.7. The Morgan fingerprint density at radius 3 is 2.48 bits per heavy atom. The van der Waals surface area contributed by atoms with Crippen molar-refractivity contribution < 1.29 is 23.0 Å². The summed E-state index contributed by atoms with van der Waals surface area (Å²) in [6.07, 6.45) is -0.169. The second kappa shape index (κ2) is 9.14. The molecular formula is C24H22F2N2O3. The largest absolute Gasteiger partial charge is 0.497 e. The fraction of sp³-hybridized carbons (Fsp3) is 0.208. The molecule has 4 rings (SSSR count). The Morgan fingerprint density at radius 2 is 1.71 bits per heavy atom. The summed E-state index contributed by atoms with van der Waals surface area (Å²) in [7, 11) is 1.62. The smallest absolute Gasteiger partial charge is 0.133 e. The number of benzene rings is 3. The van der Waals surface area contributed by atoms with E-state index in [1.807, 2.05) is 37.3 Å². The van der Waals surface area contributed by atoms with E-state index in [0.29, 0.717) is 12.4 Å². The van der Waals surface area contributed by atoms with Crippen LogP contribution in [0.1, 0.15) is 30.0 Å². The van der Waals surface area contributed by atoms with Gasteiger partial charge in [-0.3, -0.25) is 0 Å². The highest BCUT2D eigenvalue weighted by molar-refractivity contribution is 5.76. The molecule has 160 valence electrons. The lowest BCUT2D eigenvalue weighted by molar-refractivity contribution is 0.0488. The molecule has 0 aliphatic rings. The minimum absolute atomic E-state index is 0.0498. The Hall–Kier alpha value is -3.45. The van der Waals surface area contributed by atoms with Crippen molar-refractivity contribution in [3.05, 3.63) is 89.2 Å². The molecule has 3 aromatic carbocycles. The number of methoxy groups -OCH3 is 1. The van der Waals surface area contributed by atoms with Gasteiger partial charge in [-0.25, -0.2) is 13.8 Å². The Balaban J connectivity index is 1.33. The lowest BCUT2D eigenvalue weighted by Gasteiger charge is -2.13. The average Bonchev–Trinajstić information content (AvgIpc) is 3.20. The fourth-order valence-corrected chi connectivity index (χ4v) is 3.18. The summed E-state index contributed by atoms with van der Waals surface area (Å²) in [6, 6.07) is 16.3. The van der Waals surface area contributed by atoms with Crippen molar-refractivity contribution in [2.75, 3.05) is 7.11 Å². The van der Waals surface area contributed by atoms with Crippen molar-refractivity contribution in [1.82, 2.24) is 9.97 Å². The lowest BCUT2D eigenvalue weighted by Crippen LogP contribution is -2.02. The zero-order valence-corrected chi connectivity index (χ0v) is 17.2. The van der Waals surface area contributed by atoms with E-state index in [1.165, 1.54) is 0 Å². The molecule has 1 unspecified atom stereocenters. The molecule has 1 heterocycles. The van der Waals surface area contributed by atoms with Crippen molar-refractivity contribution >= 4 is 11.0 Å². The van der Waals surface area contributed by atoms with Crippen LogP contribution < -0.4 is 9.47 Å². The fourth-order valence-electron chi connectivity index (χ4n) is 3.18. The molecule has 0 aliphatic heterocycles. The van der Waals surface area contributed by atoms with Crippen molar-refractivity contribution in [3.8, 4) is 11.5 Å². The van der Waals surface area contributed by atoms with Gasteiger partial charge in [0.2, 0.25) is 0 Å². The van der Waals surface area contributed by atoms with Gasteiger partial charge in [-0.1, -0.05) is 12.1 Å². The van der Waals surface area contributed by atoms with Crippen LogP contribution in [0.2, 0.25) is 0 Å². The van der Waals surface area contributed by atoms with Gasteiger partial charge in [-0.2, -0.15) is 0 Å². The molecule has 0 bridgehead atoms. The minimum Gasteiger partial charge on any atom is -0.497 e. The number of aromatic nitrogens is 2. The first-order valence-electron chi connectivity index (χ1n) is 9.83. The van der Waals surface area contributed by atoms with Crippen LogP contribution in [0.3, 0.4) is 0 Å². The summed E-state index contributed by atoms with van der Waals surface area (Å²) in [4.78, 5) is 7.76. The highest BCUT2D eigenvalue weighted by Gasteiger charge is 2.10. The zero-order chi connectivity index (χ0) is 21.8. The first-order chi connectivity index (χ1) is 15.0. The first-order valence-corrected chi connectivity index (χ1v) is 9.83. The van der Waals surface area contributed by atoms with Gasteiger partial charge in [0.1, 0.15) is 42.2 Å². The Labute approximate surface area is 178 Å². The third kappa shape index (κ3) is 5.00. The van der Waals surface area contributed by atoms with Crippen LogP contribution in [0.15, 0.2) is 60.7 Å². The van der Waals surface area contributed by atoms with Gasteiger partial charge in [0.05, 0.1) is 24.2 Å². The molecule has 0 aliphatic carbocycles. The van der Waals surface area contributed by atoms with Gasteiger partial charge >= 0.3 is 0 Å². The highest BCUT2D eigenvalue weighted by atomic mass is 19.1. The maximum absolute atomic E-state index is 13.7. The summed E-state index contributed by atoms with van der Waals surface area (Å²) < 4.78 is 43.7. The maximum Gasteiger partial charge on any atom is 0.133 e. The molecule has 0 saturated carbocycles. The molecular weight excluding hydrogens is 402 g/mol. The number of ether oxygens (including phenoxy) is 3. The minimum atomic E-state index is -0.496. The Kier molecular flexibility index (Phi) is 6.13.